The molecule has 0 saturated carbocycles. The fraction of sp³-hybridized carbons (Fsp3) is 0.261. The van der Waals surface area contributed by atoms with E-state index in [1.54, 1.807) is 43.5 Å². The Hall–Kier alpha value is -2.40. The molecule has 2 heterocycles. The third-order valence-electron chi connectivity index (χ3n) is 5.61. The maximum absolute atomic E-state index is 12.9. The van der Waals surface area contributed by atoms with Crippen LogP contribution in [0.2, 0.25) is 0 Å². The van der Waals surface area contributed by atoms with Gasteiger partial charge in [-0.1, -0.05) is 0 Å². The Labute approximate surface area is 205 Å². The van der Waals surface area contributed by atoms with Gasteiger partial charge >= 0.3 is 0 Å². The number of anilines is 2. The van der Waals surface area contributed by atoms with E-state index in [0.717, 1.165) is 43.3 Å². The molecule has 4 rings (SSSR count). The highest BCUT2D eigenvalue weighted by Crippen LogP contribution is 2.23. The van der Waals surface area contributed by atoms with Crippen LogP contribution in [0.4, 0.5) is 11.4 Å². The molecule has 0 aliphatic carbocycles. The molecular formula is C23H27N4O3S3+. The molecule has 3 aromatic rings. The van der Waals surface area contributed by atoms with E-state index in [2.05, 4.69) is 39.8 Å². The van der Waals surface area contributed by atoms with Gasteiger partial charge in [-0.15, -0.1) is 25.3 Å². The summed E-state index contributed by atoms with van der Waals surface area (Å²) in [6, 6.07) is 17.9. The maximum Gasteiger partial charge on any atom is 0.261 e. The number of nitrogens with one attached hydrogen (secondary N) is 1. The number of ether oxygens (including phenoxy) is 1. The Morgan fingerprint density at radius 2 is 1.52 bits per heavy atom. The second-order valence-electron chi connectivity index (χ2n) is 7.66. The van der Waals surface area contributed by atoms with Gasteiger partial charge in [0, 0.05) is 61.8 Å². The van der Waals surface area contributed by atoms with E-state index in [-0.39, 0.29) is 9.60 Å². The largest absolute Gasteiger partial charge is 0.496 e. The van der Waals surface area contributed by atoms with Gasteiger partial charge in [-0.2, -0.15) is 4.57 Å². The van der Waals surface area contributed by atoms with E-state index in [1.807, 2.05) is 41.2 Å². The van der Waals surface area contributed by atoms with E-state index < -0.39 is 10.0 Å². The molecule has 1 aliphatic heterocycles. The summed E-state index contributed by atoms with van der Waals surface area (Å²) in [7, 11) is -2.08. The minimum Gasteiger partial charge on any atom is -0.496 e. The third kappa shape index (κ3) is 5.75. The standard InChI is InChI=1S/C23H26N4O3S3/c1-30-21-10-12-25(13-11-21)20-6-8-22(9-7-20)33(28,29)24-18-2-4-19(5-3-18)26-14-16-27(17-15-26)23(31)32/h2-13,23-24H,14-17H2,1H3,(H-,31,32)/p+1. The highest BCUT2D eigenvalue weighted by Gasteiger charge is 2.20. The van der Waals surface area contributed by atoms with Gasteiger partial charge in [0.05, 0.1) is 16.7 Å². The smallest absolute Gasteiger partial charge is 0.261 e. The molecule has 1 aromatic heterocycles. The molecule has 2 aromatic carbocycles. The van der Waals surface area contributed by atoms with Crippen molar-refractivity contribution in [2.45, 2.75) is 9.60 Å². The lowest BCUT2D eigenvalue weighted by Crippen LogP contribution is -2.47. The van der Waals surface area contributed by atoms with Crippen molar-refractivity contribution < 1.29 is 17.7 Å². The molecule has 1 fully saturated rings. The fourth-order valence-corrected chi connectivity index (χ4v) is 5.20. The number of sulfonamides is 1. The van der Waals surface area contributed by atoms with E-state index in [4.69, 9.17) is 4.74 Å². The monoisotopic (exact) mass is 503 g/mol. The molecule has 33 heavy (non-hydrogen) atoms. The van der Waals surface area contributed by atoms with Crippen LogP contribution in [0.1, 0.15) is 0 Å². The topological polar surface area (TPSA) is 65.8 Å². The van der Waals surface area contributed by atoms with Crippen molar-refractivity contribution in [3.05, 3.63) is 73.1 Å². The third-order valence-corrected chi connectivity index (χ3v) is 7.66. The summed E-state index contributed by atoms with van der Waals surface area (Å²) in [6.07, 6.45) is 3.72. The lowest BCUT2D eigenvalue weighted by atomic mass is 10.2. The number of methoxy groups -OCH3 is 1. The predicted octanol–water partition coefficient (Wildman–Crippen LogP) is 3.04. The van der Waals surface area contributed by atoms with Crippen molar-refractivity contribution in [2.75, 3.05) is 42.9 Å². The van der Waals surface area contributed by atoms with Crippen molar-refractivity contribution in [2.24, 2.45) is 0 Å². The van der Waals surface area contributed by atoms with Crippen molar-refractivity contribution in [3.63, 3.8) is 0 Å². The number of piperazine rings is 1. The van der Waals surface area contributed by atoms with Gasteiger partial charge in [-0.05, 0) is 36.4 Å². The Kier molecular flexibility index (Phi) is 7.38. The zero-order valence-corrected chi connectivity index (χ0v) is 20.8. The Balaban J connectivity index is 1.41. The highest BCUT2D eigenvalue weighted by molar-refractivity contribution is 7.99. The molecule has 174 valence electrons. The summed E-state index contributed by atoms with van der Waals surface area (Å²) in [6.45, 7) is 3.52. The normalized spacial score (nSPS) is 15.0. The van der Waals surface area contributed by atoms with Gasteiger partial charge < -0.3 is 9.64 Å². The van der Waals surface area contributed by atoms with Gasteiger partial charge in [0.15, 0.2) is 12.4 Å². The van der Waals surface area contributed by atoms with Gasteiger partial charge in [-0.3, -0.25) is 9.62 Å². The van der Waals surface area contributed by atoms with Crippen LogP contribution in [-0.2, 0) is 10.0 Å². The number of aromatic nitrogens is 1. The summed E-state index contributed by atoms with van der Waals surface area (Å²) in [5.41, 5.74) is 2.44. The average molecular weight is 504 g/mol. The van der Waals surface area contributed by atoms with Gasteiger partial charge in [0.25, 0.3) is 10.0 Å². The van der Waals surface area contributed by atoms with Gasteiger partial charge in [0.1, 0.15) is 5.75 Å². The van der Waals surface area contributed by atoms with E-state index in [1.165, 1.54) is 0 Å². The highest BCUT2D eigenvalue weighted by atomic mass is 32.2. The van der Waals surface area contributed by atoms with Gasteiger partial charge in [-0.25, -0.2) is 8.42 Å². The van der Waals surface area contributed by atoms with E-state index >= 15 is 0 Å². The molecule has 1 N–H and O–H groups in total. The summed E-state index contributed by atoms with van der Waals surface area (Å²) < 4.78 is 35.4. The zero-order chi connectivity index (χ0) is 23.4. The second-order valence-corrected chi connectivity index (χ2v) is 10.7. The molecular weight excluding hydrogens is 476 g/mol. The second kappa shape index (κ2) is 10.3. The lowest BCUT2D eigenvalue weighted by molar-refractivity contribution is -0.595. The summed E-state index contributed by atoms with van der Waals surface area (Å²) in [5, 5.41) is 0. The van der Waals surface area contributed by atoms with Gasteiger partial charge in [0.2, 0.25) is 5.69 Å². The number of rotatable bonds is 7. The van der Waals surface area contributed by atoms with Crippen LogP contribution in [0.25, 0.3) is 5.69 Å². The van der Waals surface area contributed by atoms with E-state index in [0.29, 0.717) is 5.69 Å². The molecule has 1 aliphatic rings. The summed E-state index contributed by atoms with van der Waals surface area (Å²) >= 11 is 8.75. The number of hydrogen-bond acceptors (Lipinski definition) is 7. The van der Waals surface area contributed by atoms with Crippen molar-refractivity contribution >= 4 is 46.7 Å². The first kappa shape index (κ1) is 23.7. The molecule has 0 atom stereocenters. The number of thiol groups is 2. The molecule has 10 heteroatoms. The van der Waals surface area contributed by atoms with Crippen LogP contribution in [-0.4, -0.2) is 51.3 Å². The van der Waals surface area contributed by atoms with Crippen LogP contribution >= 0.6 is 25.3 Å². The van der Waals surface area contributed by atoms with Crippen molar-refractivity contribution in [1.82, 2.24) is 4.90 Å². The van der Waals surface area contributed by atoms with Crippen LogP contribution in [0.15, 0.2) is 78.0 Å². The quantitative estimate of drug-likeness (QED) is 0.263. The molecule has 0 amide bonds. The van der Waals surface area contributed by atoms with Crippen LogP contribution in [0.3, 0.4) is 0 Å². The van der Waals surface area contributed by atoms with E-state index in [9.17, 15) is 8.42 Å². The van der Waals surface area contributed by atoms with Crippen LogP contribution in [0, 0.1) is 0 Å². The summed E-state index contributed by atoms with van der Waals surface area (Å²) in [5.74, 6) is 0.756. The minimum atomic E-state index is -3.69. The first-order valence-corrected chi connectivity index (χ1v) is 13.0. The minimum absolute atomic E-state index is 0.0483. The van der Waals surface area contributed by atoms with Crippen LogP contribution in [0.5, 0.6) is 5.75 Å². The number of benzene rings is 2. The van der Waals surface area contributed by atoms with Crippen molar-refractivity contribution in [3.8, 4) is 11.4 Å². The molecule has 0 unspecified atom stereocenters. The number of pyridine rings is 1. The fourth-order valence-electron chi connectivity index (χ4n) is 3.68. The SMILES string of the molecule is COc1cc[n+](-c2ccc(S(=O)(=O)Nc3ccc(N4CCN(C(S)S)CC4)cc3)cc2)cc1. The Morgan fingerprint density at radius 3 is 2.06 bits per heavy atom. The average Bonchev–Trinajstić information content (AvgIpc) is 2.84. The first-order chi connectivity index (χ1) is 15.9. The van der Waals surface area contributed by atoms with Crippen LogP contribution < -0.4 is 18.9 Å². The molecule has 0 radical (unpaired) electrons. The zero-order valence-electron chi connectivity index (χ0n) is 18.2. The molecule has 0 spiro atoms. The number of hydrogen-bond donors (Lipinski definition) is 3. The number of nitrogens with zero attached hydrogens (tertiary/aromatic N) is 3. The maximum atomic E-state index is 12.9. The molecule has 1 saturated heterocycles. The Bertz CT molecular complexity index is 1160. The Morgan fingerprint density at radius 1 is 0.909 bits per heavy atom. The first-order valence-electron chi connectivity index (χ1n) is 10.5. The van der Waals surface area contributed by atoms with Crippen molar-refractivity contribution in [1.29, 1.82) is 0 Å². The molecule has 7 nitrogen and oxygen atoms in total. The predicted molar refractivity (Wildman–Crippen MR) is 137 cm³/mol. The molecule has 0 bridgehead atoms. The summed E-state index contributed by atoms with van der Waals surface area (Å²) in [4.78, 5) is 4.67. The lowest BCUT2D eigenvalue weighted by Gasteiger charge is -2.37.